The molecule has 4 aliphatic carbocycles. The first-order valence-electron chi connectivity index (χ1n) is 9.23. The minimum absolute atomic E-state index is 0.102. The summed E-state index contributed by atoms with van der Waals surface area (Å²) in [6, 6.07) is 0. The monoisotopic (exact) mass is 312 g/mol. The van der Waals surface area contributed by atoms with Crippen molar-refractivity contribution >= 4 is 5.78 Å². The van der Waals surface area contributed by atoms with Gasteiger partial charge in [0.15, 0.2) is 5.78 Å². The number of carbonyl (C=O) groups excluding carboxylic acids is 1. The minimum atomic E-state index is -0.102. The van der Waals surface area contributed by atoms with Crippen LogP contribution in [0.2, 0.25) is 0 Å². The molecule has 0 radical (unpaired) electrons. The number of hydrogen-bond donors (Lipinski definition) is 1. The van der Waals surface area contributed by atoms with E-state index in [0.29, 0.717) is 24.2 Å². The zero-order chi connectivity index (χ0) is 16.2. The summed E-state index contributed by atoms with van der Waals surface area (Å²) in [5, 5.41) is 10.3. The molecule has 124 valence electrons. The van der Waals surface area contributed by atoms with Crippen molar-refractivity contribution in [1.82, 2.24) is 0 Å². The molecule has 1 N–H and O–H groups in total. The van der Waals surface area contributed by atoms with Crippen molar-refractivity contribution in [2.45, 2.75) is 51.9 Å². The third-order valence-electron chi connectivity index (χ3n) is 7.83. The lowest BCUT2D eigenvalue weighted by Gasteiger charge is -2.58. The van der Waals surface area contributed by atoms with Gasteiger partial charge in [0.2, 0.25) is 0 Å². The van der Waals surface area contributed by atoms with E-state index in [0.717, 1.165) is 12.8 Å². The lowest BCUT2D eigenvalue weighted by molar-refractivity contribution is -0.118. The fraction of sp³-hybridized carbons (Fsp3) is 0.667. The molecule has 0 saturated heterocycles. The van der Waals surface area contributed by atoms with Crippen molar-refractivity contribution in [1.29, 1.82) is 0 Å². The summed E-state index contributed by atoms with van der Waals surface area (Å²) in [6.07, 6.45) is 13.6. The Morgan fingerprint density at radius 2 is 2.13 bits per heavy atom. The lowest BCUT2D eigenvalue weighted by Crippen LogP contribution is -2.52. The Kier molecular flexibility index (Phi) is 3.46. The Bertz CT molecular complexity index is 613. The number of hydrogen-bond acceptors (Lipinski definition) is 2. The SMILES string of the molecule is C=CC1=CCC2C3CCC4=CC(=O)CCC4(CO)C3CCC12C. The van der Waals surface area contributed by atoms with Crippen molar-refractivity contribution in [3.05, 3.63) is 36.0 Å². The summed E-state index contributed by atoms with van der Waals surface area (Å²) < 4.78 is 0. The molecule has 2 saturated carbocycles. The average molecular weight is 312 g/mol. The van der Waals surface area contributed by atoms with Gasteiger partial charge in [0.05, 0.1) is 6.61 Å². The molecule has 0 aromatic rings. The highest BCUT2D eigenvalue weighted by Gasteiger charge is 2.57. The topological polar surface area (TPSA) is 37.3 Å². The van der Waals surface area contributed by atoms with Crippen LogP contribution in [-0.2, 0) is 4.79 Å². The Labute approximate surface area is 139 Å². The summed E-state index contributed by atoms with van der Waals surface area (Å²) in [5.74, 6) is 2.19. The van der Waals surface area contributed by atoms with Crippen LogP contribution in [0.4, 0.5) is 0 Å². The van der Waals surface area contributed by atoms with Crippen molar-refractivity contribution in [3.8, 4) is 0 Å². The van der Waals surface area contributed by atoms with E-state index in [-0.39, 0.29) is 23.2 Å². The second-order valence-electron chi connectivity index (χ2n) is 8.42. The Hall–Kier alpha value is -1.15. The van der Waals surface area contributed by atoms with Crippen LogP contribution in [0.3, 0.4) is 0 Å². The molecule has 0 aromatic carbocycles. The number of aliphatic hydroxyl groups is 1. The van der Waals surface area contributed by atoms with Gasteiger partial charge in [-0.2, -0.15) is 0 Å². The van der Waals surface area contributed by atoms with E-state index >= 15 is 0 Å². The van der Waals surface area contributed by atoms with Gasteiger partial charge in [0, 0.05) is 11.8 Å². The molecule has 5 atom stereocenters. The van der Waals surface area contributed by atoms with Gasteiger partial charge in [0.1, 0.15) is 0 Å². The highest BCUT2D eigenvalue weighted by molar-refractivity contribution is 5.91. The molecular formula is C21H28O2. The summed E-state index contributed by atoms with van der Waals surface area (Å²) in [6.45, 7) is 6.68. The quantitative estimate of drug-likeness (QED) is 0.829. The molecule has 5 unspecified atom stereocenters. The number of aliphatic hydroxyl groups excluding tert-OH is 1. The third-order valence-corrected chi connectivity index (χ3v) is 7.83. The van der Waals surface area contributed by atoms with Gasteiger partial charge in [-0.15, -0.1) is 0 Å². The van der Waals surface area contributed by atoms with Crippen LogP contribution < -0.4 is 0 Å². The van der Waals surface area contributed by atoms with Crippen LogP contribution in [-0.4, -0.2) is 17.5 Å². The second kappa shape index (κ2) is 5.17. The van der Waals surface area contributed by atoms with E-state index in [1.807, 2.05) is 6.08 Å². The maximum Gasteiger partial charge on any atom is 0.155 e. The zero-order valence-electron chi connectivity index (χ0n) is 14.2. The maximum atomic E-state index is 11.9. The first-order chi connectivity index (χ1) is 11.0. The lowest BCUT2D eigenvalue weighted by atomic mass is 9.46. The molecule has 0 amide bonds. The predicted molar refractivity (Wildman–Crippen MR) is 91.8 cm³/mol. The van der Waals surface area contributed by atoms with E-state index < -0.39 is 0 Å². The molecule has 0 aromatic heterocycles. The molecule has 2 heteroatoms. The van der Waals surface area contributed by atoms with Crippen molar-refractivity contribution in [2.75, 3.05) is 6.61 Å². The second-order valence-corrected chi connectivity index (χ2v) is 8.42. The molecule has 0 bridgehead atoms. The fourth-order valence-corrected chi connectivity index (χ4v) is 6.57. The standard InChI is InChI=1S/C21H28O2/c1-3-14-5-7-18-17-6-4-15-12-16(23)8-11-21(15,13-22)19(17)9-10-20(14,18)2/h3,5,12,17-19,22H,1,4,6-11,13H2,2H3. The molecule has 4 rings (SSSR count). The maximum absolute atomic E-state index is 11.9. The summed E-state index contributed by atoms with van der Waals surface area (Å²) in [5.41, 5.74) is 2.88. The molecule has 0 aliphatic heterocycles. The largest absolute Gasteiger partial charge is 0.395 e. The molecule has 2 nitrogen and oxygen atoms in total. The van der Waals surface area contributed by atoms with Gasteiger partial charge < -0.3 is 5.11 Å². The van der Waals surface area contributed by atoms with Crippen molar-refractivity contribution in [2.24, 2.45) is 28.6 Å². The smallest absolute Gasteiger partial charge is 0.155 e. The molecule has 0 heterocycles. The van der Waals surface area contributed by atoms with Crippen LogP contribution in [0.15, 0.2) is 36.0 Å². The van der Waals surface area contributed by atoms with Crippen LogP contribution in [0.25, 0.3) is 0 Å². The first kappa shape index (κ1) is 15.4. The van der Waals surface area contributed by atoms with Gasteiger partial charge in [-0.3, -0.25) is 4.79 Å². The first-order valence-corrected chi connectivity index (χ1v) is 9.23. The van der Waals surface area contributed by atoms with Gasteiger partial charge in [-0.25, -0.2) is 0 Å². The van der Waals surface area contributed by atoms with Crippen LogP contribution in [0, 0.1) is 28.6 Å². The highest BCUT2D eigenvalue weighted by Crippen LogP contribution is 2.65. The minimum Gasteiger partial charge on any atom is -0.395 e. The molecule has 23 heavy (non-hydrogen) atoms. The van der Waals surface area contributed by atoms with Crippen molar-refractivity contribution < 1.29 is 9.90 Å². The van der Waals surface area contributed by atoms with Crippen molar-refractivity contribution in [3.63, 3.8) is 0 Å². The number of carbonyl (C=O) groups is 1. The summed E-state index contributed by atoms with van der Waals surface area (Å²) in [7, 11) is 0. The predicted octanol–water partition coefficient (Wildman–Crippen LogP) is 4.21. The van der Waals surface area contributed by atoms with E-state index in [2.05, 4.69) is 25.7 Å². The van der Waals surface area contributed by atoms with Gasteiger partial charge in [-0.05, 0) is 73.3 Å². The average Bonchev–Trinajstić information content (AvgIpc) is 2.90. The Balaban J connectivity index is 1.71. The normalized spacial score (nSPS) is 45.5. The van der Waals surface area contributed by atoms with Gasteiger partial charge in [0.25, 0.3) is 0 Å². The van der Waals surface area contributed by atoms with Gasteiger partial charge >= 0.3 is 0 Å². The zero-order valence-corrected chi connectivity index (χ0v) is 14.2. The number of fused-ring (bicyclic) bond motifs is 5. The number of rotatable bonds is 2. The van der Waals surface area contributed by atoms with Crippen LogP contribution in [0.5, 0.6) is 0 Å². The Morgan fingerprint density at radius 3 is 2.87 bits per heavy atom. The summed E-state index contributed by atoms with van der Waals surface area (Å²) >= 11 is 0. The number of allylic oxidation sites excluding steroid dienone is 4. The Morgan fingerprint density at radius 1 is 1.30 bits per heavy atom. The molecule has 4 aliphatic rings. The molecule has 0 spiro atoms. The van der Waals surface area contributed by atoms with E-state index in [4.69, 9.17) is 0 Å². The fourth-order valence-electron chi connectivity index (χ4n) is 6.57. The van der Waals surface area contributed by atoms with Gasteiger partial charge in [-0.1, -0.05) is 31.2 Å². The summed E-state index contributed by atoms with van der Waals surface area (Å²) in [4.78, 5) is 11.9. The van der Waals surface area contributed by atoms with E-state index in [1.165, 1.54) is 36.8 Å². The molecular weight excluding hydrogens is 284 g/mol. The van der Waals surface area contributed by atoms with E-state index in [1.54, 1.807) is 0 Å². The van der Waals surface area contributed by atoms with E-state index in [9.17, 15) is 9.90 Å². The third kappa shape index (κ3) is 1.94. The number of ketones is 1. The van der Waals surface area contributed by atoms with Crippen LogP contribution in [0.1, 0.15) is 51.9 Å². The highest BCUT2D eigenvalue weighted by atomic mass is 16.3. The van der Waals surface area contributed by atoms with Crippen LogP contribution >= 0.6 is 0 Å². The molecule has 2 fully saturated rings.